The first-order valence-electron chi connectivity index (χ1n) is 13.2. The molecule has 9 heteroatoms. The summed E-state index contributed by atoms with van der Waals surface area (Å²) < 4.78 is 42.3. The number of benzene rings is 1. The number of nitrogens with zero attached hydrogens (tertiary/aromatic N) is 4. The van der Waals surface area contributed by atoms with Crippen LogP contribution < -0.4 is 10.6 Å². The third kappa shape index (κ3) is 5.43. The van der Waals surface area contributed by atoms with Crippen LogP contribution in [-0.4, -0.2) is 58.2 Å². The molecule has 2 aliphatic heterocycles. The molecule has 0 amide bonds. The zero-order valence-corrected chi connectivity index (χ0v) is 22.5. The molecule has 36 heavy (non-hydrogen) atoms. The molecule has 3 heterocycles. The highest BCUT2D eigenvalue weighted by Crippen LogP contribution is 2.36. The van der Waals surface area contributed by atoms with E-state index in [1.807, 2.05) is 0 Å². The van der Waals surface area contributed by atoms with Gasteiger partial charge in [-0.15, -0.1) is 0 Å². The largest absolute Gasteiger partial charge is 0.449 e. The highest BCUT2D eigenvalue weighted by molar-refractivity contribution is 5.46. The summed E-state index contributed by atoms with van der Waals surface area (Å²) in [6, 6.07) is 5.32. The van der Waals surface area contributed by atoms with Crippen LogP contribution in [0.2, 0.25) is 0 Å². The highest BCUT2D eigenvalue weighted by Gasteiger charge is 2.40. The Morgan fingerprint density at radius 3 is 2.39 bits per heavy atom. The predicted molar refractivity (Wildman–Crippen MR) is 138 cm³/mol. The fourth-order valence-corrected chi connectivity index (χ4v) is 5.80. The van der Waals surface area contributed by atoms with E-state index in [2.05, 4.69) is 72.2 Å². The monoisotopic (exact) mass is 506 g/mol. The normalized spacial score (nSPS) is 18.0. The molecule has 6 nitrogen and oxygen atoms in total. The van der Waals surface area contributed by atoms with Gasteiger partial charge in [0.15, 0.2) is 5.82 Å². The smallest absolute Gasteiger partial charge is 0.356 e. The summed E-state index contributed by atoms with van der Waals surface area (Å²) in [5.74, 6) is -0.0716. The first-order valence-corrected chi connectivity index (χ1v) is 13.2. The molecule has 1 atom stereocenters. The second-order valence-corrected chi connectivity index (χ2v) is 10.9. The van der Waals surface area contributed by atoms with Crippen molar-refractivity contribution < 1.29 is 13.2 Å². The summed E-state index contributed by atoms with van der Waals surface area (Å²) in [6.45, 7) is 15.0. The van der Waals surface area contributed by atoms with E-state index >= 15 is 0 Å². The van der Waals surface area contributed by atoms with Crippen LogP contribution in [0, 0.1) is 0 Å². The standard InChI is InChI=1S/C27H41F3N6/c1-17(2)24-21(8-7-20-9-10-34(18(3)4)14-22(20)24)13-19(5)35-11-12-36-23(15-35)25(32-16-31-6)33-26(36)27(28,29)30/h7-8,17-19,31-32H,9-16H2,1-6H3. The maximum absolute atomic E-state index is 13.6. The van der Waals surface area contributed by atoms with E-state index in [0.717, 1.165) is 25.9 Å². The molecule has 0 fully saturated rings. The van der Waals surface area contributed by atoms with Crippen LogP contribution >= 0.6 is 0 Å². The van der Waals surface area contributed by atoms with Crippen LogP contribution in [0.4, 0.5) is 19.0 Å². The molecule has 0 bridgehead atoms. The van der Waals surface area contributed by atoms with E-state index in [1.54, 1.807) is 7.05 Å². The lowest BCUT2D eigenvalue weighted by Crippen LogP contribution is -2.42. The van der Waals surface area contributed by atoms with Crippen LogP contribution in [0.5, 0.6) is 0 Å². The number of nitrogens with one attached hydrogen (secondary N) is 2. The fraction of sp³-hybridized carbons (Fsp3) is 0.667. The maximum Gasteiger partial charge on any atom is 0.449 e. The summed E-state index contributed by atoms with van der Waals surface area (Å²) in [7, 11) is 1.75. The van der Waals surface area contributed by atoms with Gasteiger partial charge in [-0.2, -0.15) is 13.2 Å². The van der Waals surface area contributed by atoms with Gasteiger partial charge in [-0.25, -0.2) is 4.98 Å². The van der Waals surface area contributed by atoms with E-state index in [-0.39, 0.29) is 12.6 Å². The van der Waals surface area contributed by atoms with Crippen molar-refractivity contribution in [1.29, 1.82) is 0 Å². The number of hydrogen-bond acceptors (Lipinski definition) is 5. The molecule has 2 aromatic rings. The molecule has 1 aromatic heterocycles. The molecule has 0 radical (unpaired) electrons. The molecule has 1 unspecified atom stereocenters. The molecule has 2 aliphatic rings. The molecule has 200 valence electrons. The van der Waals surface area contributed by atoms with Crippen molar-refractivity contribution in [2.75, 3.05) is 32.1 Å². The van der Waals surface area contributed by atoms with Gasteiger partial charge in [-0.3, -0.25) is 9.80 Å². The zero-order chi connectivity index (χ0) is 26.2. The van der Waals surface area contributed by atoms with Crippen LogP contribution in [0.25, 0.3) is 0 Å². The number of imidazole rings is 1. The molecule has 0 saturated carbocycles. The fourth-order valence-electron chi connectivity index (χ4n) is 5.80. The molecule has 0 spiro atoms. The number of alkyl halides is 3. The minimum Gasteiger partial charge on any atom is -0.356 e. The average molecular weight is 507 g/mol. The average Bonchev–Trinajstić information content (AvgIpc) is 3.20. The third-order valence-electron chi connectivity index (χ3n) is 7.74. The molecular weight excluding hydrogens is 465 g/mol. The highest BCUT2D eigenvalue weighted by atomic mass is 19.4. The summed E-state index contributed by atoms with van der Waals surface area (Å²) in [4.78, 5) is 8.78. The lowest BCUT2D eigenvalue weighted by Gasteiger charge is -2.37. The Hall–Kier alpha value is -2.10. The van der Waals surface area contributed by atoms with E-state index < -0.39 is 12.0 Å². The van der Waals surface area contributed by atoms with Gasteiger partial charge in [-0.05, 0) is 68.8 Å². The second kappa shape index (κ2) is 10.7. The topological polar surface area (TPSA) is 48.4 Å². The lowest BCUT2D eigenvalue weighted by atomic mass is 9.83. The molecule has 0 saturated heterocycles. The minimum absolute atomic E-state index is 0.195. The van der Waals surface area contributed by atoms with E-state index in [9.17, 15) is 13.2 Å². The Labute approximate surface area is 213 Å². The van der Waals surface area contributed by atoms with Gasteiger partial charge in [0, 0.05) is 44.8 Å². The van der Waals surface area contributed by atoms with Gasteiger partial charge in [0.2, 0.25) is 5.82 Å². The number of hydrogen-bond donors (Lipinski definition) is 2. The second-order valence-electron chi connectivity index (χ2n) is 10.9. The van der Waals surface area contributed by atoms with Gasteiger partial charge in [0.1, 0.15) is 0 Å². The summed E-state index contributed by atoms with van der Waals surface area (Å²) in [5, 5.41) is 5.95. The molecular formula is C27H41F3N6. The Morgan fingerprint density at radius 1 is 1.00 bits per heavy atom. The number of anilines is 1. The lowest BCUT2D eigenvalue weighted by molar-refractivity contribution is -0.147. The summed E-state index contributed by atoms with van der Waals surface area (Å²) in [5.41, 5.74) is 6.39. The maximum atomic E-state index is 13.6. The van der Waals surface area contributed by atoms with Crippen molar-refractivity contribution in [3.05, 3.63) is 45.9 Å². The first-order chi connectivity index (χ1) is 17.0. The summed E-state index contributed by atoms with van der Waals surface area (Å²) in [6.07, 6.45) is -2.51. The van der Waals surface area contributed by atoms with Gasteiger partial charge in [0.05, 0.1) is 12.4 Å². The van der Waals surface area contributed by atoms with Crippen LogP contribution in [0.1, 0.15) is 74.3 Å². The zero-order valence-electron chi connectivity index (χ0n) is 22.5. The summed E-state index contributed by atoms with van der Waals surface area (Å²) >= 11 is 0. The van der Waals surface area contributed by atoms with Crippen LogP contribution in [0.15, 0.2) is 12.1 Å². The van der Waals surface area contributed by atoms with Crippen molar-refractivity contribution in [2.45, 2.75) is 91.3 Å². The predicted octanol–water partition coefficient (Wildman–Crippen LogP) is 4.83. The van der Waals surface area contributed by atoms with Crippen molar-refractivity contribution in [1.82, 2.24) is 24.7 Å². The first kappa shape index (κ1) is 26.9. The van der Waals surface area contributed by atoms with Gasteiger partial charge in [-0.1, -0.05) is 26.0 Å². The number of fused-ring (bicyclic) bond motifs is 2. The number of rotatable bonds is 8. The Bertz CT molecular complexity index is 1060. The molecule has 1 aromatic carbocycles. The van der Waals surface area contributed by atoms with Crippen molar-refractivity contribution in [3.63, 3.8) is 0 Å². The van der Waals surface area contributed by atoms with Gasteiger partial charge < -0.3 is 15.2 Å². The SMILES string of the molecule is CNCNc1nc(C(F)(F)F)n2c1CN(C(C)Cc1ccc3c(c1C(C)C)CN(C(C)C)CC3)CC2. The van der Waals surface area contributed by atoms with E-state index in [4.69, 9.17) is 0 Å². The van der Waals surface area contributed by atoms with Crippen molar-refractivity contribution in [3.8, 4) is 0 Å². The third-order valence-corrected chi connectivity index (χ3v) is 7.74. The number of aromatic nitrogens is 2. The molecule has 0 aliphatic carbocycles. The Balaban J connectivity index is 1.58. The number of halogens is 3. The van der Waals surface area contributed by atoms with E-state index in [1.165, 1.54) is 26.8 Å². The Morgan fingerprint density at radius 2 is 1.75 bits per heavy atom. The van der Waals surface area contributed by atoms with E-state index in [0.29, 0.717) is 43.2 Å². The quantitative estimate of drug-likeness (QED) is 0.503. The van der Waals surface area contributed by atoms with Crippen LogP contribution in [0.3, 0.4) is 0 Å². The molecule has 2 N–H and O–H groups in total. The van der Waals surface area contributed by atoms with Crippen molar-refractivity contribution >= 4 is 5.82 Å². The van der Waals surface area contributed by atoms with Gasteiger partial charge in [0.25, 0.3) is 0 Å². The molecule has 4 rings (SSSR count). The van der Waals surface area contributed by atoms with Gasteiger partial charge >= 0.3 is 6.18 Å². The minimum atomic E-state index is -4.47. The van der Waals surface area contributed by atoms with Crippen molar-refractivity contribution in [2.24, 2.45) is 0 Å². The Kier molecular flexibility index (Phi) is 8.02. The van der Waals surface area contributed by atoms with Crippen LogP contribution in [-0.2, 0) is 38.7 Å².